The standard InChI is InChI=1S/C23H19F5O/c1-3-5-15-12-14-8-11-17(21(26)18(14)23(28)20(15)25)22(27)19(24)13-6-9-16(10-7-13)29-4-2/h6-12H,3-5H2,1-2H3. The number of halogens is 5. The fraction of sp³-hybridized carbons (Fsp3) is 0.217. The molecular formula is C23H19F5O. The molecule has 0 saturated heterocycles. The molecule has 0 aliphatic rings. The Morgan fingerprint density at radius 3 is 2.14 bits per heavy atom. The van der Waals surface area contributed by atoms with Gasteiger partial charge in [-0.15, -0.1) is 0 Å². The molecule has 0 aliphatic carbocycles. The third-order valence-corrected chi connectivity index (χ3v) is 4.57. The van der Waals surface area contributed by atoms with Crippen molar-refractivity contribution >= 4 is 22.4 Å². The van der Waals surface area contributed by atoms with Crippen LogP contribution in [0.3, 0.4) is 0 Å². The Kier molecular flexibility index (Phi) is 6.20. The molecule has 152 valence electrons. The summed E-state index contributed by atoms with van der Waals surface area (Å²) in [6.07, 6.45) is 0.857. The van der Waals surface area contributed by atoms with Gasteiger partial charge in [0, 0.05) is 11.1 Å². The molecular weight excluding hydrogens is 387 g/mol. The predicted octanol–water partition coefficient (Wildman–Crippen LogP) is 7.37. The lowest BCUT2D eigenvalue weighted by Crippen LogP contribution is -2.00. The van der Waals surface area contributed by atoms with Crippen molar-refractivity contribution in [2.45, 2.75) is 26.7 Å². The smallest absolute Gasteiger partial charge is 0.169 e. The van der Waals surface area contributed by atoms with Crippen LogP contribution in [0.25, 0.3) is 22.4 Å². The van der Waals surface area contributed by atoms with E-state index in [-0.39, 0.29) is 22.9 Å². The first-order valence-electron chi connectivity index (χ1n) is 9.26. The summed E-state index contributed by atoms with van der Waals surface area (Å²) in [4.78, 5) is 0. The van der Waals surface area contributed by atoms with Gasteiger partial charge in [0.05, 0.1) is 12.0 Å². The van der Waals surface area contributed by atoms with Gasteiger partial charge in [0.1, 0.15) is 11.6 Å². The summed E-state index contributed by atoms with van der Waals surface area (Å²) in [6, 6.07) is 9.08. The Morgan fingerprint density at radius 1 is 0.828 bits per heavy atom. The van der Waals surface area contributed by atoms with E-state index in [4.69, 9.17) is 4.74 Å². The van der Waals surface area contributed by atoms with Gasteiger partial charge >= 0.3 is 0 Å². The van der Waals surface area contributed by atoms with Crippen molar-refractivity contribution in [3.8, 4) is 5.75 Å². The lowest BCUT2D eigenvalue weighted by atomic mass is 9.99. The fourth-order valence-electron chi connectivity index (χ4n) is 3.17. The molecule has 0 fully saturated rings. The molecule has 29 heavy (non-hydrogen) atoms. The first-order chi connectivity index (χ1) is 13.9. The van der Waals surface area contributed by atoms with Crippen LogP contribution in [0.15, 0.2) is 42.5 Å². The molecule has 3 rings (SSSR count). The second-order valence-corrected chi connectivity index (χ2v) is 6.52. The van der Waals surface area contributed by atoms with Gasteiger partial charge in [0.15, 0.2) is 23.3 Å². The molecule has 1 nitrogen and oxygen atoms in total. The zero-order valence-corrected chi connectivity index (χ0v) is 16.0. The second kappa shape index (κ2) is 8.64. The van der Waals surface area contributed by atoms with Gasteiger partial charge < -0.3 is 4.74 Å². The van der Waals surface area contributed by atoms with Crippen molar-refractivity contribution in [1.82, 2.24) is 0 Å². The number of ether oxygens (including phenoxy) is 1. The summed E-state index contributed by atoms with van der Waals surface area (Å²) >= 11 is 0. The zero-order valence-electron chi connectivity index (χ0n) is 16.0. The van der Waals surface area contributed by atoms with Crippen molar-refractivity contribution in [3.63, 3.8) is 0 Å². The minimum Gasteiger partial charge on any atom is -0.494 e. The molecule has 0 unspecified atom stereocenters. The maximum atomic E-state index is 14.9. The van der Waals surface area contributed by atoms with Crippen LogP contribution in [0.5, 0.6) is 5.75 Å². The molecule has 0 N–H and O–H groups in total. The van der Waals surface area contributed by atoms with Gasteiger partial charge in [-0.25, -0.2) is 22.0 Å². The minimum atomic E-state index is -1.49. The van der Waals surface area contributed by atoms with Gasteiger partial charge in [-0.2, -0.15) is 0 Å². The number of fused-ring (bicyclic) bond motifs is 1. The quantitative estimate of drug-likeness (QED) is 0.307. The molecule has 3 aromatic rings. The number of hydrogen-bond donors (Lipinski definition) is 0. The molecule has 0 spiro atoms. The van der Waals surface area contributed by atoms with Crippen LogP contribution >= 0.6 is 0 Å². The first-order valence-corrected chi connectivity index (χ1v) is 9.26. The Bertz CT molecular complexity index is 1070. The average Bonchev–Trinajstić information content (AvgIpc) is 2.72. The molecule has 6 heteroatoms. The molecule has 0 amide bonds. The van der Waals surface area contributed by atoms with E-state index >= 15 is 0 Å². The van der Waals surface area contributed by atoms with Gasteiger partial charge in [0.25, 0.3) is 0 Å². The lowest BCUT2D eigenvalue weighted by molar-refractivity contribution is 0.340. The molecule has 0 aliphatic heterocycles. The normalized spacial score (nSPS) is 12.2. The van der Waals surface area contributed by atoms with Crippen LogP contribution in [-0.2, 0) is 6.42 Å². The summed E-state index contributed by atoms with van der Waals surface area (Å²) in [6.45, 7) is 4.00. The fourth-order valence-corrected chi connectivity index (χ4v) is 3.17. The number of rotatable bonds is 6. The van der Waals surface area contributed by atoms with Crippen LogP contribution in [0.1, 0.15) is 37.0 Å². The Morgan fingerprint density at radius 2 is 1.52 bits per heavy atom. The average molecular weight is 406 g/mol. The highest BCUT2D eigenvalue weighted by Crippen LogP contribution is 2.35. The summed E-state index contributed by atoms with van der Waals surface area (Å²) in [5.74, 6) is -6.26. The van der Waals surface area contributed by atoms with Crippen LogP contribution in [-0.4, -0.2) is 6.61 Å². The number of hydrogen-bond acceptors (Lipinski definition) is 1. The van der Waals surface area contributed by atoms with Gasteiger partial charge in [-0.3, -0.25) is 0 Å². The number of aryl methyl sites for hydroxylation is 1. The van der Waals surface area contributed by atoms with Crippen LogP contribution in [0, 0.1) is 17.5 Å². The third-order valence-electron chi connectivity index (χ3n) is 4.57. The van der Waals surface area contributed by atoms with Gasteiger partial charge in [0.2, 0.25) is 0 Å². The first kappa shape index (κ1) is 20.8. The van der Waals surface area contributed by atoms with Crippen molar-refractivity contribution in [2.24, 2.45) is 0 Å². The largest absolute Gasteiger partial charge is 0.494 e. The topological polar surface area (TPSA) is 9.23 Å². The van der Waals surface area contributed by atoms with E-state index < -0.39 is 40.1 Å². The van der Waals surface area contributed by atoms with Crippen molar-refractivity contribution in [2.75, 3.05) is 6.61 Å². The van der Waals surface area contributed by atoms with Crippen LogP contribution < -0.4 is 4.74 Å². The summed E-state index contributed by atoms with van der Waals surface area (Å²) in [5, 5.41) is -0.614. The summed E-state index contributed by atoms with van der Waals surface area (Å²) in [5.41, 5.74) is -0.790. The Balaban J connectivity index is 2.11. The minimum absolute atomic E-state index is 0.0860. The zero-order chi connectivity index (χ0) is 21.1. The van der Waals surface area contributed by atoms with E-state index in [0.717, 1.165) is 6.07 Å². The molecule has 0 bridgehead atoms. The predicted molar refractivity (Wildman–Crippen MR) is 104 cm³/mol. The van der Waals surface area contributed by atoms with Crippen molar-refractivity contribution < 1.29 is 26.7 Å². The Labute approximate surface area is 165 Å². The molecule has 3 aromatic carbocycles. The number of benzene rings is 3. The highest BCUT2D eigenvalue weighted by atomic mass is 19.2. The van der Waals surface area contributed by atoms with Crippen molar-refractivity contribution in [1.29, 1.82) is 0 Å². The maximum absolute atomic E-state index is 14.9. The maximum Gasteiger partial charge on any atom is 0.169 e. The molecule has 0 saturated carbocycles. The SMILES string of the molecule is CCCc1cc2ccc(C(F)=C(F)c3ccc(OCC)cc3)c(F)c2c(F)c1F. The van der Waals surface area contributed by atoms with E-state index in [1.807, 2.05) is 0 Å². The highest BCUT2D eigenvalue weighted by Gasteiger charge is 2.22. The van der Waals surface area contributed by atoms with E-state index in [1.54, 1.807) is 13.8 Å². The molecule has 0 atom stereocenters. The third kappa shape index (κ3) is 3.97. The lowest BCUT2D eigenvalue weighted by Gasteiger charge is -2.11. The van der Waals surface area contributed by atoms with E-state index in [2.05, 4.69) is 0 Å². The molecule has 0 radical (unpaired) electrons. The summed E-state index contributed by atoms with van der Waals surface area (Å²) in [7, 11) is 0. The molecule has 0 heterocycles. The summed E-state index contributed by atoms with van der Waals surface area (Å²) < 4.78 is 78.1. The second-order valence-electron chi connectivity index (χ2n) is 6.52. The molecule has 0 aromatic heterocycles. The van der Waals surface area contributed by atoms with Crippen molar-refractivity contribution in [3.05, 3.63) is 76.6 Å². The van der Waals surface area contributed by atoms with E-state index in [0.29, 0.717) is 18.8 Å². The van der Waals surface area contributed by atoms with E-state index in [9.17, 15) is 22.0 Å². The Hall–Kier alpha value is -2.89. The van der Waals surface area contributed by atoms with Gasteiger partial charge in [-0.05, 0) is 60.7 Å². The highest BCUT2D eigenvalue weighted by molar-refractivity contribution is 5.91. The van der Waals surface area contributed by atoms with E-state index in [1.165, 1.54) is 36.4 Å². The monoisotopic (exact) mass is 406 g/mol. The van der Waals surface area contributed by atoms with Gasteiger partial charge in [-0.1, -0.05) is 19.4 Å². The van der Waals surface area contributed by atoms with Crippen LogP contribution in [0.4, 0.5) is 22.0 Å². The van der Waals surface area contributed by atoms with Crippen LogP contribution in [0.2, 0.25) is 0 Å².